The average Bonchev–Trinajstić information content (AvgIpc) is 3.06. The quantitative estimate of drug-likeness (QED) is 0.203. The maximum absolute atomic E-state index is 12.6. The van der Waals surface area contributed by atoms with Gasteiger partial charge in [-0.2, -0.15) is 0 Å². The van der Waals surface area contributed by atoms with E-state index in [-0.39, 0.29) is 5.75 Å². The molecule has 0 bridgehead atoms. The van der Waals surface area contributed by atoms with E-state index in [1.165, 1.54) is 62.6 Å². The Labute approximate surface area is 183 Å². The number of nitrogens with zero attached hydrogens (tertiary/aromatic N) is 3. The van der Waals surface area contributed by atoms with Gasteiger partial charge in [0.15, 0.2) is 5.69 Å². The molecule has 1 heterocycles. The summed E-state index contributed by atoms with van der Waals surface area (Å²) in [4.78, 5) is 1.88. The van der Waals surface area contributed by atoms with E-state index in [0.29, 0.717) is 26.6 Å². The Morgan fingerprint density at radius 3 is 2.30 bits per heavy atom. The number of aromatic nitrogens is 3. The zero-order valence-electron chi connectivity index (χ0n) is 17.8. The normalized spacial score (nSPS) is 11.4. The summed E-state index contributed by atoms with van der Waals surface area (Å²) >= 11 is 6.00. The molecular formula is C24H32ClN3O2. The van der Waals surface area contributed by atoms with Gasteiger partial charge >= 0.3 is 0 Å². The number of rotatable bonds is 12. The number of aromatic hydroxyl groups is 1. The fraction of sp³-hybridized carbons (Fsp3) is 0.500. The third-order valence-corrected chi connectivity index (χ3v) is 5.83. The summed E-state index contributed by atoms with van der Waals surface area (Å²) < 4.78 is 0. The first-order valence-electron chi connectivity index (χ1n) is 11.2. The fourth-order valence-corrected chi connectivity index (χ4v) is 4.00. The predicted octanol–water partition coefficient (Wildman–Crippen LogP) is 6.48. The third kappa shape index (κ3) is 5.88. The number of fused-ring (bicyclic) bond motifs is 1. The molecule has 162 valence electrons. The molecule has 3 aromatic rings. The molecule has 1 aromatic heterocycles. The molecule has 0 fully saturated rings. The Balaban J connectivity index is 1.53. The molecule has 0 aliphatic heterocycles. The van der Waals surface area contributed by atoms with Crippen LogP contribution in [0.3, 0.4) is 0 Å². The van der Waals surface area contributed by atoms with Crippen molar-refractivity contribution in [3.05, 3.63) is 52.2 Å². The monoisotopic (exact) mass is 429 g/mol. The summed E-state index contributed by atoms with van der Waals surface area (Å²) in [5.41, 5.74) is 2.40. The Bertz CT molecular complexity index is 955. The molecule has 5 nitrogen and oxygen atoms in total. The topological polar surface area (TPSA) is 65.0 Å². The summed E-state index contributed by atoms with van der Waals surface area (Å²) in [5.74, 6) is 0.0327. The number of benzene rings is 2. The van der Waals surface area contributed by atoms with Crippen molar-refractivity contribution in [2.75, 3.05) is 0 Å². The van der Waals surface area contributed by atoms with Crippen LogP contribution in [0.2, 0.25) is 5.02 Å². The first-order chi connectivity index (χ1) is 14.6. The molecule has 30 heavy (non-hydrogen) atoms. The van der Waals surface area contributed by atoms with Gasteiger partial charge in [0.2, 0.25) is 5.52 Å². The minimum atomic E-state index is 0.0327. The molecule has 2 aromatic carbocycles. The molecule has 0 unspecified atom stereocenters. The number of unbranched alkanes of at least 4 members (excludes halogenated alkanes) is 9. The highest BCUT2D eigenvalue weighted by molar-refractivity contribution is 6.31. The van der Waals surface area contributed by atoms with E-state index in [2.05, 4.69) is 12.0 Å². The van der Waals surface area contributed by atoms with E-state index >= 15 is 0 Å². The molecule has 0 spiro atoms. The van der Waals surface area contributed by atoms with Crippen molar-refractivity contribution >= 4 is 22.6 Å². The number of hydrogen-bond donors (Lipinski definition) is 1. The minimum absolute atomic E-state index is 0.0327. The molecular weight excluding hydrogens is 398 g/mol. The Morgan fingerprint density at radius 1 is 0.933 bits per heavy atom. The maximum atomic E-state index is 12.6. The Morgan fingerprint density at radius 2 is 1.60 bits per heavy atom. The van der Waals surface area contributed by atoms with Crippen LogP contribution in [0.25, 0.3) is 16.7 Å². The minimum Gasteiger partial charge on any atom is -0.692 e. The number of aryl methyl sites for hydroxylation is 1. The molecule has 0 saturated heterocycles. The lowest BCUT2D eigenvalue weighted by Crippen LogP contribution is -2.37. The lowest BCUT2D eigenvalue weighted by atomic mass is 10.0. The smallest absolute Gasteiger partial charge is 0.251 e. The predicted molar refractivity (Wildman–Crippen MR) is 122 cm³/mol. The summed E-state index contributed by atoms with van der Waals surface area (Å²) in [5, 5.41) is 27.8. The zero-order chi connectivity index (χ0) is 21.3. The lowest BCUT2D eigenvalue weighted by molar-refractivity contribution is -0.664. The van der Waals surface area contributed by atoms with Crippen LogP contribution in [0.15, 0.2) is 36.4 Å². The molecule has 0 atom stereocenters. The fourth-order valence-electron chi connectivity index (χ4n) is 3.84. The van der Waals surface area contributed by atoms with E-state index in [4.69, 9.17) is 11.6 Å². The van der Waals surface area contributed by atoms with Gasteiger partial charge in [-0.3, -0.25) is 0 Å². The standard InChI is InChI=1S/C24H32ClN3O2/c1-2-3-4-5-6-7-8-9-10-11-12-19-13-16-24(29)23(17-19)27-26-21-18-20(25)14-15-22(21)28(27)30/h13-18,29H,2-12H2,1H3. The van der Waals surface area contributed by atoms with Gasteiger partial charge in [0.05, 0.1) is 5.10 Å². The van der Waals surface area contributed by atoms with Crippen molar-refractivity contribution < 1.29 is 9.95 Å². The van der Waals surface area contributed by atoms with Crippen LogP contribution in [0.5, 0.6) is 5.75 Å². The van der Waals surface area contributed by atoms with Gasteiger partial charge in [0, 0.05) is 11.1 Å². The van der Waals surface area contributed by atoms with Crippen LogP contribution in [0.1, 0.15) is 76.7 Å². The van der Waals surface area contributed by atoms with Gasteiger partial charge in [0.25, 0.3) is 5.52 Å². The van der Waals surface area contributed by atoms with E-state index in [1.807, 2.05) is 12.1 Å². The molecule has 6 heteroatoms. The second kappa shape index (κ2) is 11.2. The molecule has 0 aliphatic carbocycles. The number of halogens is 1. The van der Waals surface area contributed by atoms with Gasteiger partial charge in [0.1, 0.15) is 5.75 Å². The van der Waals surface area contributed by atoms with Crippen molar-refractivity contribution in [3.63, 3.8) is 0 Å². The van der Waals surface area contributed by atoms with Crippen molar-refractivity contribution in [1.29, 1.82) is 0 Å². The van der Waals surface area contributed by atoms with E-state index in [9.17, 15) is 10.3 Å². The highest BCUT2D eigenvalue weighted by Crippen LogP contribution is 2.24. The third-order valence-electron chi connectivity index (χ3n) is 5.59. The van der Waals surface area contributed by atoms with Crippen LogP contribution < -0.4 is 4.85 Å². The SMILES string of the molecule is CCCCCCCCCCCCc1ccc(O)c(-n2nc3cc(Cl)ccc3[n+]2[O-])c1. The number of phenols is 1. The second-order valence-corrected chi connectivity index (χ2v) is 8.49. The largest absolute Gasteiger partial charge is 0.692 e. The molecule has 0 saturated carbocycles. The number of phenolic OH excluding ortho intramolecular Hbond substituents is 1. The first kappa shape index (κ1) is 22.4. The van der Waals surface area contributed by atoms with Gasteiger partial charge < -0.3 is 10.3 Å². The maximum Gasteiger partial charge on any atom is 0.251 e. The molecule has 0 aliphatic rings. The van der Waals surface area contributed by atoms with Crippen LogP contribution in [0, 0.1) is 5.21 Å². The van der Waals surface area contributed by atoms with Crippen LogP contribution >= 0.6 is 11.6 Å². The summed E-state index contributed by atoms with van der Waals surface area (Å²) in [6.07, 6.45) is 13.9. The van der Waals surface area contributed by atoms with Crippen LogP contribution in [0.4, 0.5) is 0 Å². The van der Waals surface area contributed by atoms with Gasteiger partial charge in [-0.1, -0.05) is 82.4 Å². The summed E-state index contributed by atoms with van der Waals surface area (Å²) in [6.45, 7) is 2.25. The number of hydrogen-bond acceptors (Lipinski definition) is 3. The Hall–Kier alpha value is -2.27. The molecule has 0 radical (unpaired) electrons. The van der Waals surface area contributed by atoms with E-state index in [0.717, 1.165) is 18.4 Å². The van der Waals surface area contributed by atoms with Crippen molar-refractivity contribution in [2.45, 2.75) is 77.6 Å². The van der Waals surface area contributed by atoms with Gasteiger partial charge in [-0.25, -0.2) is 0 Å². The van der Waals surface area contributed by atoms with Crippen molar-refractivity contribution in [3.8, 4) is 11.4 Å². The molecule has 0 amide bonds. The van der Waals surface area contributed by atoms with Gasteiger partial charge in [-0.15, -0.1) is 4.85 Å². The van der Waals surface area contributed by atoms with Crippen molar-refractivity contribution in [2.24, 2.45) is 0 Å². The second-order valence-electron chi connectivity index (χ2n) is 8.05. The zero-order valence-corrected chi connectivity index (χ0v) is 18.6. The van der Waals surface area contributed by atoms with Gasteiger partial charge in [-0.05, 0) is 47.5 Å². The van der Waals surface area contributed by atoms with E-state index < -0.39 is 0 Å². The highest BCUT2D eigenvalue weighted by atomic mass is 35.5. The molecule has 1 N–H and O–H groups in total. The molecule has 3 rings (SSSR count). The summed E-state index contributed by atoms with van der Waals surface area (Å²) in [6, 6.07) is 10.4. The van der Waals surface area contributed by atoms with Crippen LogP contribution in [-0.4, -0.2) is 15.0 Å². The highest BCUT2D eigenvalue weighted by Gasteiger charge is 2.19. The summed E-state index contributed by atoms with van der Waals surface area (Å²) in [7, 11) is 0. The van der Waals surface area contributed by atoms with Crippen molar-refractivity contribution in [1.82, 2.24) is 9.90 Å². The average molecular weight is 430 g/mol. The Kier molecular flexibility index (Phi) is 8.38. The first-order valence-corrected chi connectivity index (χ1v) is 11.6. The van der Waals surface area contributed by atoms with E-state index in [1.54, 1.807) is 24.3 Å². The lowest BCUT2D eigenvalue weighted by Gasteiger charge is -2.08. The van der Waals surface area contributed by atoms with Crippen LogP contribution in [-0.2, 0) is 6.42 Å².